The molecule has 5 aromatic rings. The molecule has 4 heterocycles. The molecule has 0 spiro atoms. The lowest BCUT2D eigenvalue weighted by Gasteiger charge is -2.11. The summed E-state index contributed by atoms with van der Waals surface area (Å²) in [7, 11) is 0. The number of amides is 4. The highest BCUT2D eigenvalue weighted by atomic mass is 32.1. The van der Waals surface area contributed by atoms with Crippen molar-refractivity contribution < 1.29 is 38.4 Å². The zero-order valence-electron chi connectivity index (χ0n) is 27.0. The minimum Gasteiger partial charge on any atom is -0.330 e. The molecule has 10 nitrogen and oxygen atoms in total. The second kappa shape index (κ2) is 14.7. The molecule has 12 heteroatoms. The molecular formula is C40H24N2O8S2. The Labute approximate surface area is 304 Å². The van der Waals surface area contributed by atoms with E-state index in [0.717, 1.165) is 76.5 Å². The van der Waals surface area contributed by atoms with Crippen LogP contribution >= 0.6 is 22.7 Å². The molecule has 52 heavy (non-hydrogen) atoms. The number of hydrogen-bond acceptors (Lipinski definition) is 10. The molecule has 0 unspecified atom stereocenters. The normalized spacial score (nSPS) is 13.5. The van der Waals surface area contributed by atoms with Gasteiger partial charge in [-0.3, -0.25) is 19.2 Å². The Morgan fingerprint density at radius 1 is 0.500 bits per heavy atom. The van der Waals surface area contributed by atoms with Gasteiger partial charge in [0.1, 0.15) is 0 Å². The summed E-state index contributed by atoms with van der Waals surface area (Å²) in [6.07, 6.45) is 4.92. The molecule has 2 aliphatic rings. The van der Waals surface area contributed by atoms with Crippen LogP contribution in [0.5, 0.6) is 0 Å². The van der Waals surface area contributed by atoms with E-state index in [4.69, 9.17) is 9.68 Å². The average Bonchev–Trinajstić information content (AvgIpc) is 3.95. The Kier molecular flexibility index (Phi) is 9.58. The minimum atomic E-state index is -0.685. The summed E-state index contributed by atoms with van der Waals surface area (Å²) in [5, 5.41) is 4.71. The second-order valence-electron chi connectivity index (χ2n) is 11.4. The first-order valence-electron chi connectivity index (χ1n) is 15.9. The summed E-state index contributed by atoms with van der Waals surface area (Å²) in [4.78, 5) is 84.3. The summed E-state index contributed by atoms with van der Waals surface area (Å²) in [6.45, 7) is 0. The van der Waals surface area contributed by atoms with Crippen LogP contribution < -0.4 is 0 Å². The highest BCUT2D eigenvalue weighted by Crippen LogP contribution is 2.32. The number of hydrogen-bond donors (Lipinski definition) is 0. The molecule has 4 amide bonds. The summed E-state index contributed by atoms with van der Waals surface area (Å²) in [5.74, 6) is 9.26. The van der Waals surface area contributed by atoms with Crippen molar-refractivity contribution in [3.05, 3.63) is 128 Å². The molecule has 0 N–H and O–H groups in total. The van der Waals surface area contributed by atoms with E-state index in [0.29, 0.717) is 23.0 Å². The number of nitrogens with zero attached hydrogens (tertiary/aromatic N) is 2. The van der Waals surface area contributed by atoms with E-state index in [2.05, 4.69) is 23.7 Å². The van der Waals surface area contributed by atoms with E-state index in [1.165, 1.54) is 22.7 Å². The largest absolute Gasteiger partial charge is 0.333 e. The zero-order valence-corrected chi connectivity index (χ0v) is 28.7. The molecule has 3 aromatic carbocycles. The van der Waals surface area contributed by atoms with Crippen molar-refractivity contribution in [2.24, 2.45) is 0 Å². The number of hydroxylamine groups is 4. The Hall–Kier alpha value is -6.60. The Balaban J connectivity index is 1.07. The molecule has 7 rings (SSSR count). The Morgan fingerprint density at radius 2 is 0.846 bits per heavy atom. The highest BCUT2D eigenvalue weighted by molar-refractivity contribution is 7.12. The Morgan fingerprint density at radius 3 is 1.19 bits per heavy atom. The molecule has 2 aromatic heterocycles. The second-order valence-corrected chi connectivity index (χ2v) is 13.7. The number of rotatable bonds is 8. The molecule has 2 aliphatic heterocycles. The number of fused-ring (bicyclic) bond motifs is 2. The number of imide groups is 2. The van der Waals surface area contributed by atoms with Gasteiger partial charge >= 0.3 is 11.9 Å². The van der Waals surface area contributed by atoms with Crippen molar-refractivity contribution in [1.29, 1.82) is 0 Å². The smallest absolute Gasteiger partial charge is 0.330 e. The zero-order chi connectivity index (χ0) is 36.2. The molecule has 0 aliphatic carbocycles. The van der Waals surface area contributed by atoms with Gasteiger partial charge in [-0.1, -0.05) is 82.3 Å². The van der Waals surface area contributed by atoms with Crippen LogP contribution in [0.4, 0.5) is 0 Å². The van der Waals surface area contributed by atoms with Crippen LogP contribution in [0.3, 0.4) is 0 Å². The topological polar surface area (TPSA) is 127 Å². The quantitative estimate of drug-likeness (QED) is 0.116. The van der Waals surface area contributed by atoms with Crippen LogP contribution in [-0.2, 0) is 51.3 Å². The van der Waals surface area contributed by atoms with Crippen molar-refractivity contribution in [3.63, 3.8) is 0 Å². The number of benzene rings is 3. The first kappa shape index (κ1) is 33.9. The van der Waals surface area contributed by atoms with Gasteiger partial charge in [-0.25, -0.2) is 9.59 Å². The predicted molar refractivity (Wildman–Crippen MR) is 193 cm³/mol. The van der Waals surface area contributed by atoms with Gasteiger partial charge in [0.15, 0.2) is 0 Å². The van der Waals surface area contributed by atoms with Gasteiger partial charge in [0.2, 0.25) is 0 Å². The lowest BCUT2D eigenvalue weighted by Crippen LogP contribution is -2.32. The molecule has 0 atom stereocenters. The Bertz CT molecular complexity index is 2270. The van der Waals surface area contributed by atoms with E-state index >= 15 is 0 Å². The molecule has 254 valence electrons. The van der Waals surface area contributed by atoms with Crippen molar-refractivity contribution >= 4 is 79.8 Å². The standard InChI is InChI=1S/C40H24N2O8S2/c43-35-19-20-36(44)41(35)49-39(47)23-15-27-11-9-25(51-27)13-17-33-29-5-1-2-6-30(29)34(32-8-4-3-7-31(32)33)18-14-26-10-12-28(52-26)16-24-40(48)50-42-37(45)21-22-38(42)46/h1-12,19-22H,15-16,23-24H2. The summed E-state index contributed by atoms with van der Waals surface area (Å²) in [6, 6.07) is 23.5. The third-order valence-electron chi connectivity index (χ3n) is 7.95. The van der Waals surface area contributed by atoms with Crippen LogP contribution in [0.2, 0.25) is 0 Å². The number of carbonyl (C=O) groups is 6. The summed E-state index contributed by atoms with van der Waals surface area (Å²) in [5.41, 5.74) is 1.73. The first-order chi connectivity index (χ1) is 25.2. The van der Waals surface area contributed by atoms with E-state index < -0.39 is 35.6 Å². The van der Waals surface area contributed by atoms with Gasteiger partial charge in [0, 0.05) is 45.2 Å². The number of aryl methyl sites for hydroxylation is 2. The lowest BCUT2D eigenvalue weighted by atomic mass is 9.92. The van der Waals surface area contributed by atoms with Gasteiger partial charge in [0.05, 0.1) is 22.6 Å². The number of carbonyl (C=O) groups excluding carboxylic acids is 6. The molecule has 0 saturated carbocycles. The van der Waals surface area contributed by atoms with Gasteiger partial charge in [0.25, 0.3) is 23.6 Å². The van der Waals surface area contributed by atoms with Crippen molar-refractivity contribution in [2.75, 3.05) is 0 Å². The highest BCUT2D eigenvalue weighted by Gasteiger charge is 2.28. The summed E-state index contributed by atoms with van der Waals surface area (Å²) < 4.78 is 0. The van der Waals surface area contributed by atoms with Crippen LogP contribution in [0.1, 0.15) is 43.5 Å². The van der Waals surface area contributed by atoms with Crippen molar-refractivity contribution in [1.82, 2.24) is 10.1 Å². The molecule has 0 bridgehead atoms. The molecule has 0 fully saturated rings. The van der Waals surface area contributed by atoms with Gasteiger partial charge in [-0.2, -0.15) is 0 Å². The monoisotopic (exact) mass is 724 g/mol. The third kappa shape index (κ3) is 7.30. The SMILES string of the molecule is O=C(CCc1ccc(C#Cc2c3ccccc3c(C#Cc3ccc(CCC(=O)ON4C(=O)C=CC4=O)s3)c3ccccc23)s1)ON1C(=O)C=CC1=O. The van der Waals surface area contributed by atoms with E-state index in [-0.39, 0.29) is 12.8 Å². The fraction of sp³-hybridized carbons (Fsp3) is 0.100. The van der Waals surface area contributed by atoms with Gasteiger partial charge < -0.3 is 9.68 Å². The van der Waals surface area contributed by atoms with Crippen LogP contribution in [0.15, 0.2) is 97.1 Å². The maximum atomic E-state index is 12.2. The third-order valence-corrected chi connectivity index (χ3v) is 10.1. The average molecular weight is 725 g/mol. The maximum Gasteiger partial charge on any atom is 0.333 e. The van der Waals surface area contributed by atoms with Gasteiger partial charge in [-0.05, 0) is 58.7 Å². The number of thiophene rings is 2. The lowest BCUT2D eigenvalue weighted by molar-refractivity contribution is -0.196. The van der Waals surface area contributed by atoms with Crippen LogP contribution in [0, 0.1) is 23.7 Å². The fourth-order valence-corrected chi connectivity index (χ4v) is 7.23. The van der Waals surface area contributed by atoms with Crippen LogP contribution in [0.25, 0.3) is 21.5 Å². The maximum absolute atomic E-state index is 12.2. The van der Waals surface area contributed by atoms with Gasteiger partial charge in [-0.15, -0.1) is 22.7 Å². The van der Waals surface area contributed by atoms with Crippen molar-refractivity contribution in [3.8, 4) is 23.7 Å². The van der Waals surface area contributed by atoms with Crippen LogP contribution in [-0.4, -0.2) is 45.7 Å². The van der Waals surface area contributed by atoms with Crippen molar-refractivity contribution in [2.45, 2.75) is 25.7 Å². The molecule has 0 radical (unpaired) electrons. The predicted octanol–water partition coefficient (Wildman–Crippen LogP) is 5.55. The molecule has 0 saturated heterocycles. The minimum absolute atomic E-state index is 0.00701. The summed E-state index contributed by atoms with van der Waals surface area (Å²) >= 11 is 2.90. The fourth-order valence-electron chi connectivity index (χ4n) is 5.50. The van der Waals surface area contributed by atoms with E-state index in [9.17, 15) is 28.8 Å². The van der Waals surface area contributed by atoms with E-state index in [1.807, 2.05) is 72.8 Å². The van der Waals surface area contributed by atoms with E-state index in [1.54, 1.807) is 0 Å². The molecular weight excluding hydrogens is 701 g/mol. The first-order valence-corrected chi connectivity index (χ1v) is 17.6.